The Balaban J connectivity index is 1.34. The molecule has 2 aliphatic heterocycles. The number of aromatic nitrogens is 2. The summed E-state index contributed by atoms with van der Waals surface area (Å²) in [6.45, 7) is 5.87. The van der Waals surface area contributed by atoms with Gasteiger partial charge in [-0.05, 0) is 12.8 Å². The SMILES string of the molecule is O=C(c1nc(C2CC2)no1)N1CCOC(CN2CCOCC2)C1. The van der Waals surface area contributed by atoms with Crippen LogP contribution < -0.4 is 0 Å². The first-order chi connectivity index (χ1) is 11.3. The summed E-state index contributed by atoms with van der Waals surface area (Å²) in [5, 5.41) is 3.92. The predicted octanol–water partition coefficient (Wildman–Crippen LogP) is 0.120. The Labute approximate surface area is 134 Å². The number of carbonyl (C=O) groups is 1. The van der Waals surface area contributed by atoms with Gasteiger partial charge in [0.25, 0.3) is 0 Å². The summed E-state index contributed by atoms with van der Waals surface area (Å²) in [4.78, 5) is 20.9. The normalized spacial score (nSPS) is 26.4. The molecule has 0 radical (unpaired) electrons. The quantitative estimate of drug-likeness (QED) is 0.779. The molecule has 1 unspecified atom stereocenters. The summed E-state index contributed by atoms with van der Waals surface area (Å²) in [6, 6.07) is 0. The molecule has 23 heavy (non-hydrogen) atoms. The molecule has 4 rings (SSSR count). The van der Waals surface area contributed by atoms with Crippen LogP contribution in [-0.4, -0.2) is 84.5 Å². The largest absolute Gasteiger partial charge is 0.379 e. The summed E-state index contributed by atoms with van der Waals surface area (Å²) in [6.07, 6.45) is 2.20. The monoisotopic (exact) mass is 322 g/mol. The summed E-state index contributed by atoms with van der Waals surface area (Å²) in [5.74, 6) is 0.990. The van der Waals surface area contributed by atoms with Crippen molar-refractivity contribution in [2.24, 2.45) is 0 Å². The minimum atomic E-state index is -0.181. The lowest BCUT2D eigenvalue weighted by Crippen LogP contribution is -2.51. The Morgan fingerprint density at radius 3 is 2.78 bits per heavy atom. The Kier molecular flexibility index (Phi) is 4.28. The van der Waals surface area contributed by atoms with Gasteiger partial charge in [-0.25, -0.2) is 0 Å². The fourth-order valence-electron chi connectivity index (χ4n) is 3.05. The van der Waals surface area contributed by atoms with E-state index in [0.717, 1.165) is 45.7 Å². The van der Waals surface area contributed by atoms with Gasteiger partial charge in [-0.15, -0.1) is 0 Å². The van der Waals surface area contributed by atoms with E-state index in [4.69, 9.17) is 14.0 Å². The second kappa shape index (κ2) is 6.54. The zero-order valence-corrected chi connectivity index (χ0v) is 13.1. The number of rotatable bonds is 4. The summed E-state index contributed by atoms with van der Waals surface area (Å²) in [7, 11) is 0. The summed E-state index contributed by atoms with van der Waals surface area (Å²) in [5.41, 5.74) is 0. The van der Waals surface area contributed by atoms with E-state index in [1.807, 2.05) is 0 Å². The van der Waals surface area contributed by atoms with Gasteiger partial charge in [0.2, 0.25) is 0 Å². The topological polar surface area (TPSA) is 80.9 Å². The van der Waals surface area contributed by atoms with Crippen molar-refractivity contribution < 1.29 is 18.8 Å². The standard InChI is InChI=1S/C15H22N4O4/c20-15(14-16-13(17-23-14)11-1-2-11)19-5-8-22-12(10-19)9-18-3-6-21-7-4-18/h11-12H,1-10H2. The van der Waals surface area contributed by atoms with Gasteiger partial charge in [-0.2, -0.15) is 4.98 Å². The van der Waals surface area contributed by atoms with Crippen molar-refractivity contribution in [1.82, 2.24) is 19.9 Å². The predicted molar refractivity (Wildman–Crippen MR) is 79.2 cm³/mol. The van der Waals surface area contributed by atoms with Crippen molar-refractivity contribution in [1.29, 1.82) is 0 Å². The van der Waals surface area contributed by atoms with Crippen molar-refractivity contribution >= 4 is 5.91 Å². The van der Waals surface area contributed by atoms with Crippen LogP contribution in [0, 0.1) is 0 Å². The van der Waals surface area contributed by atoms with E-state index >= 15 is 0 Å². The molecule has 1 aliphatic carbocycles. The number of nitrogens with zero attached hydrogens (tertiary/aromatic N) is 4. The zero-order valence-electron chi connectivity index (χ0n) is 13.1. The maximum Gasteiger partial charge on any atom is 0.316 e. The molecule has 0 aromatic carbocycles. The number of hydrogen-bond acceptors (Lipinski definition) is 7. The molecule has 8 nitrogen and oxygen atoms in total. The van der Waals surface area contributed by atoms with Gasteiger partial charge in [-0.1, -0.05) is 5.16 Å². The highest BCUT2D eigenvalue weighted by atomic mass is 16.5. The molecular weight excluding hydrogens is 300 g/mol. The second-order valence-corrected chi connectivity index (χ2v) is 6.39. The van der Waals surface area contributed by atoms with Gasteiger partial charge in [-0.3, -0.25) is 9.69 Å². The Bertz CT molecular complexity index is 553. The Morgan fingerprint density at radius 2 is 2.00 bits per heavy atom. The van der Waals surface area contributed by atoms with Crippen molar-refractivity contribution in [2.75, 3.05) is 52.5 Å². The molecule has 0 spiro atoms. The van der Waals surface area contributed by atoms with Gasteiger partial charge in [0.15, 0.2) is 5.82 Å². The molecule has 3 heterocycles. The average Bonchev–Trinajstić information content (AvgIpc) is 3.33. The number of amides is 1. The molecule has 1 aromatic heterocycles. The lowest BCUT2D eigenvalue weighted by molar-refractivity contribution is -0.0510. The van der Waals surface area contributed by atoms with Crippen LogP contribution in [-0.2, 0) is 9.47 Å². The highest BCUT2D eigenvalue weighted by Gasteiger charge is 2.33. The van der Waals surface area contributed by atoms with Crippen LogP contribution in [0.1, 0.15) is 35.3 Å². The van der Waals surface area contributed by atoms with E-state index in [2.05, 4.69) is 15.0 Å². The van der Waals surface area contributed by atoms with Crippen LogP contribution in [0.25, 0.3) is 0 Å². The van der Waals surface area contributed by atoms with Crippen LogP contribution >= 0.6 is 0 Å². The lowest BCUT2D eigenvalue weighted by Gasteiger charge is -2.36. The fraction of sp³-hybridized carbons (Fsp3) is 0.800. The number of carbonyl (C=O) groups excluding carboxylic acids is 1. The van der Waals surface area contributed by atoms with E-state index in [1.54, 1.807) is 4.90 Å². The highest BCUT2D eigenvalue weighted by molar-refractivity contribution is 5.89. The van der Waals surface area contributed by atoms with Crippen molar-refractivity contribution in [3.8, 4) is 0 Å². The van der Waals surface area contributed by atoms with Gasteiger partial charge >= 0.3 is 11.8 Å². The van der Waals surface area contributed by atoms with Gasteiger partial charge < -0.3 is 18.9 Å². The summed E-state index contributed by atoms with van der Waals surface area (Å²) < 4.78 is 16.3. The molecule has 3 fully saturated rings. The zero-order chi connectivity index (χ0) is 15.6. The molecule has 0 bridgehead atoms. The third-order valence-corrected chi connectivity index (χ3v) is 4.56. The molecule has 2 saturated heterocycles. The van der Waals surface area contributed by atoms with Crippen LogP contribution in [0.3, 0.4) is 0 Å². The number of morpholine rings is 2. The fourth-order valence-corrected chi connectivity index (χ4v) is 3.05. The van der Waals surface area contributed by atoms with Gasteiger partial charge in [0.05, 0.1) is 25.9 Å². The van der Waals surface area contributed by atoms with Crippen LogP contribution in [0.5, 0.6) is 0 Å². The third-order valence-electron chi connectivity index (χ3n) is 4.56. The Morgan fingerprint density at radius 1 is 1.17 bits per heavy atom. The first-order valence-corrected chi connectivity index (χ1v) is 8.34. The smallest absolute Gasteiger partial charge is 0.316 e. The molecular formula is C15H22N4O4. The number of ether oxygens (including phenoxy) is 2. The van der Waals surface area contributed by atoms with E-state index in [-0.39, 0.29) is 17.9 Å². The van der Waals surface area contributed by atoms with Crippen molar-refractivity contribution in [3.63, 3.8) is 0 Å². The first kappa shape index (κ1) is 15.0. The molecule has 8 heteroatoms. The minimum Gasteiger partial charge on any atom is -0.379 e. The van der Waals surface area contributed by atoms with Crippen LogP contribution in [0.15, 0.2) is 4.52 Å². The second-order valence-electron chi connectivity index (χ2n) is 6.39. The third kappa shape index (κ3) is 3.54. The van der Waals surface area contributed by atoms with E-state index in [9.17, 15) is 4.79 Å². The van der Waals surface area contributed by atoms with E-state index in [0.29, 0.717) is 31.4 Å². The average molecular weight is 322 g/mol. The lowest BCUT2D eigenvalue weighted by atomic mass is 10.2. The number of hydrogen-bond donors (Lipinski definition) is 0. The minimum absolute atomic E-state index is 0.0247. The van der Waals surface area contributed by atoms with Crippen molar-refractivity contribution in [3.05, 3.63) is 11.7 Å². The van der Waals surface area contributed by atoms with Crippen molar-refractivity contribution in [2.45, 2.75) is 24.9 Å². The first-order valence-electron chi connectivity index (χ1n) is 8.34. The van der Waals surface area contributed by atoms with Crippen LogP contribution in [0.2, 0.25) is 0 Å². The molecule has 3 aliphatic rings. The molecule has 1 amide bonds. The maximum atomic E-state index is 12.5. The molecule has 0 N–H and O–H groups in total. The Hall–Kier alpha value is -1.51. The van der Waals surface area contributed by atoms with Crippen LogP contribution in [0.4, 0.5) is 0 Å². The van der Waals surface area contributed by atoms with E-state index in [1.165, 1.54) is 0 Å². The van der Waals surface area contributed by atoms with Gasteiger partial charge in [0, 0.05) is 38.6 Å². The molecule has 1 atom stereocenters. The van der Waals surface area contributed by atoms with Gasteiger partial charge in [0.1, 0.15) is 0 Å². The molecule has 126 valence electrons. The summed E-state index contributed by atoms with van der Waals surface area (Å²) >= 11 is 0. The molecule has 1 saturated carbocycles. The molecule has 1 aromatic rings. The maximum absolute atomic E-state index is 12.5. The van der Waals surface area contributed by atoms with E-state index < -0.39 is 0 Å². The highest BCUT2D eigenvalue weighted by Crippen LogP contribution is 2.38.